The molecule has 4 nitrogen and oxygen atoms in total. The van der Waals surface area contributed by atoms with Crippen molar-refractivity contribution in [1.29, 1.82) is 0 Å². The number of hydrogen-bond donors (Lipinski definition) is 3. The van der Waals surface area contributed by atoms with Crippen molar-refractivity contribution in [3.63, 3.8) is 0 Å². The van der Waals surface area contributed by atoms with Crippen LogP contribution in [0.4, 0.5) is 8.78 Å². The first-order chi connectivity index (χ1) is 7.36. The van der Waals surface area contributed by atoms with Crippen molar-refractivity contribution in [2.45, 2.75) is 12.5 Å². The van der Waals surface area contributed by atoms with E-state index in [0.29, 0.717) is 0 Å². The Morgan fingerprint density at radius 1 is 1.41 bits per heavy atom. The normalized spacial score (nSPS) is 12.1. The second-order valence-electron chi connectivity index (χ2n) is 3.02. The van der Waals surface area contributed by atoms with Gasteiger partial charge in [0.25, 0.3) is 6.43 Å². The van der Waals surface area contributed by atoms with Gasteiger partial charge >= 0.3 is 5.97 Å². The number of nitrogens with two attached hydrogens (primary N) is 1. The molecule has 0 aliphatic rings. The van der Waals surface area contributed by atoms with E-state index in [4.69, 9.17) is 10.8 Å². The maximum absolute atomic E-state index is 12.4. The maximum Gasteiger partial charge on any atom is 0.339 e. The highest BCUT2D eigenvalue weighted by Gasteiger charge is 2.26. The lowest BCUT2D eigenvalue weighted by molar-refractivity contribution is 0.0692. The molecule has 0 aliphatic heterocycles. The van der Waals surface area contributed by atoms with Gasteiger partial charge in [0, 0.05) is 10.0 Å². The van der Waals surface area contributed by atoms with Gasteiger partial charge in [-0.3, -0.25) is 0 Å². The van der Waals surface area contributed by atoms with Gasteiger partial charge in [-0.25, -0.2) is 13.6 Å². The van der Waals surface area contributed by atoms with Gasteiger partial charge in [-0.2, -0.15) is 0 Å². The molecule has 0 spiro atoms. The van der Waals surface area contributed by atoms with Crippen molar-refractivity contribution in [3.8, 4) is 5.75 Å². The molecule has 0 aliphatic carbocycles. The molecule has 1 atom stereocenters. The van der Waals surface area contributed by atoms with Crippen molar-refractivity contribution < 1.29 is 23.8 Å². The van der Waals surface area contributed by atoms with E-state index >= 15 is 0 Å². The van der Waals surface area contributed by atoms with Crippen LogP contribution in [0, 0.1) is 0 Å². The number of carbonyl (C=O) groups is 1. The van der Waals surface area contributed by atoms with E-state index in [2.05, 4.69) is 15.9 Å². The fourth-order valence-corrected chi connectivity index (χ4v) is 1.78. The van der Waals surface area contributed by atoms with Crippen molar-refractivity contribution in [1.82, 2.24) is 0 Å². The SMILES string of the molecule is Cl.N[C@@H](c1c(Br)ccc(C(=O)O)c1O)C(F)F. The van der Waals surface area contributed by atoms with Crippen molar-refractivity contribution in [2.75, 3.05) is 0 Å². The number of halogens is 4. The van der Waals surface area contributed by atoms with Gasteiger partial charge in [-0.05, 0) is 12.1 Å². The molecule has 0 saturated carbocycles. The first-order valence-electron chi connectivity index (χ1n) is 4.14. The Balaban J connectivity index is 0.00000256. The minimum Gasteiger partial charge on any atom is -0.507 e. The van der Waals surface area contributed by atoms with E-state index in [1.165, 1.54) is 6.07 Å². The monoisotopic (exact) mass is 331 g/mol. The van der Waals surface area contributed by atoms with E-state index in [-0.39, 0.29) is 22.4 Å². The minimum absolute atomic E-state index is 0. The van der Waals surface area contributed by atoms with Gasteiger partial charge in [-0.1, -0.05) is 15.9 Å². The molecule has 0 bridgehead atoms. The van der Waals surface area contributed by atoms with Crippen LogP contribution in [-0.4, -0.2) is 22.6 Å². The molecule has 8 heteroatoms. The van der Waals surface area contributed by atoms with Gasteiger partial charge in [0.1, 0.15) is 11.3 Å². The highest BCUT2D eigenvalue weighted by Crippen LogP contribution is 2.36. The number of hydrogen-bond acceptors (Lipinski definition) is 3. The van der Waals surface area contributed by atoms with Crippen LogP contribution in [0.1, 0.15) is 22.0 Å². The number of carboxylic acid groups (broad SMARTS) is 1. The highest BCUT2D eigenvalue weighted by molar-refractivity contribution is 9.10. The molecule has 0 fully saturated rings. The molecule has 96 valence electrons. The molecule has 1 aromatic carbocycles. The van der Waals surface area contributed by atoms with E-state index in [9.17, 15) is 18.7 Å². The van der Waals surface area contributed by atoms with Crippen LogP contribution in [0.15, 0.2) is 16.6 Å². The molecular weight excluding hydrogens is 323 g/mol. The van der Waals surface area contributed by atoms with E-state index in [1.807, 2.05) is 0 Å². The van der Waals surface area contributed by atoms with Gasteiger partial charge in [0.05, 0.1) is 6.04 Å². The van der Waals surface area contributed by atoms with Crippen LogP contribution in [0.2, 0.25) is 0 Å². The zero-order valence-electron chi connectivity index (χ0n) is 8.23. The quantitative estimate of drug-likeness (QED) is 0.794. The Bertz CT molecular complexity index is 431. The summed E-state index contributed by atoms with van der Waals surface area (Å²) in [5.74, 6) is -2.15. The average Bonchev–Trinajstić information content (AvgIpc) is 2.16. The van der Waals surface area contributed by atoms with Crippen LogP contribution < -0.4 is 5.73 Å². The number of alkyl halides is 2. The third-order valence-corrected chi connectivity index (χ3v) is 2.69. The first kappa shape index (κ1) is 16.1. The second kappa shape index (κ2) is 6.13. The fraction of sp³-hybridized carbons (Fsp3) is 0.222. The van der Waals surface area contributed by atoms with E-state index in [0.717, 1.165) is 6.07 Å². The average molecular weight is 333 g/mol. The molecule has 0 radical (unpaired) electrons. The Morgan fingerprint density at radius 2 is 1.94 bits per heavy atom. The first-order valence-corrected chi connectivity index (χ1v) is 4.94. The molecule has 0 amide bonds. The summed E-state index contributed by atoms with van der Waals surface area (Å²) in [6.07, 6.45) is -2.90. The number of rotatable bonds is 3. The van der Waals surface area contributed by atoms with E-state index in [1.54, 1.807) is 0 Å². The van der Waals surface area contributed by atoms with Crippen molar-refractivity contribution in [2.24, 2.45) is 5.73 Å². The molecule has 4 N–H and O–H groups in total. The molecule has 1 rings (SSSR count). The smallest absolute Gasteiger partial charge is 0.339 e. The molecule has 1 aromatic rings. The Morgan fingerprint density at radius 3 is 2.35 bits per heavy atom. The molecular formula is C9H9BrClF2NO3. The third-order valence-electron chi connectivity index (χ3n) is 2.00. The summed E-state index contributed by atoms with van der Waals surface area (Å²) < 4.78 is 24.9. The second-order valence-corrected chi connectivity index (χ2v) is 3.88. The summed E-state index contributed by atoms with van der Waals surface area (Å²) in [4.78, 5) is 10.7. The summed E-state index contributed by atoms with van der Waals surface area (Å²) in [5, 5.41) is 18.2. The van der Waals surface area contributed by atoms with Crippen LogP contribution in [0.3, 0.4) is 0 Å². The summed E-state index contributed by atoms with van der Waals surface area (Å²) in [7, 11) is 0. The Kier molecular flexibility index (Phi) is 5.80. The number of benzene rings is 1. The van der Waals surface area contributed by atoms with Gasteiger partial charge in [-0.15, -0.1) is 12.4 Å². The van der Waals surface area contributed by atoms with Gasteiger partial charge in [0.2, 0.25) is 0 Å². The Labute approximate surface area is 110 Å². The maximum atomic E-state index is 12.4. The lowest BCUT2D eigenvalue weighted by Crippen LogP contribution is -2.20. The predicted molar refractivity (Wildman–Crippen MR) is 62.9 cm³/mol. The van der Waals surface area contributed by atoms with Crippen LogP contribution in [0.25, 0.3) is 0 Å². The zero-order chi connectivity index (χ0) is 12.5. The summed E-state index contributed by atoms with van der Waals surface area (Å²) in [5.41, 5.74) is 4.40. The number of aromatic carboxylic acids is 1. The molecule has 17 heavy (non-hydrogen) atoms. The van der Waals surface area contributed by atoms with Crippen LogP contribution in [0.5, 0.6) is 5.75 Å². The predicted octanol–water partition coefficient (Wildman–Crippen LogP) is 2.54. The summed E-state index contributed by atoms with van der Waals surface area (Å²) in [6.45, 7) is 0. The lowest BCUT2D eigenvalue weighted by Gasteiger charge is -2.15. The summed E-state index contributed by atoms with van der Waals surface area (Å²) in [6, 6.07) is 0.609. The van der Waals surface area contributed by atoms with Crippen LogP contribution in [-0.2, 0) is 0 Å². The van der Waals surface area contributed by atoms with Crippen molar-refractivity contribution >= 4 is 34.3 Å². The van der Waals surface area contributed by atoms with Gasteiger partial charge in [0.15, 0.2) is 0 Å². The zero-order valence-corrected chi connectivity index (χ0v) is 10.6. The fourth-order valence-electron chi connectivity index (χ4n) is 1.20. The van der Waals surface area contributed by atoms with Crippen molar-refractivity contribution in [3.05, 3.63) is 27.7 Å². The topological polar surface area (TPSA) is 83.6 Å². The number of phenols is 1. The summed E-state index contributed by atoms with van der Waals surface area (Å²) >= 11 is 2.93. The van der Waals surface area contributed by atoms with E-state index < -0.39 is 29.7 Å². The molecule has 0 heterocycles. The lowest BCUT2D eigenvalue weighted by atomic mass is 10.0. The standard InChI is InChI=1S/C9H8BrF2NO3.ClH/c10-4-2-1-3(9(15)16)7(14)5(4)6(13)8(11)12;/h1-2,6,8,14H,13H2,(H,15,16);1H/t6-;/m0./s1. The number of aromatic hydroxyl groups is 1. The third kappa shape index (κ3) is 3.27. The van der Waals surface area contributed by atoms with Crippen LogP contribution >= 0.6 is 28.3 Å². The molecule has 0 aromatic heterocycles. The largest absolute Gasteiger partial charge is 0.507 e. The van der Waals surface area contributed by atoms with Gasteiger partial charge < -0.3 is 15.9 Å². The molecule has 0 saturated heterocycles. The molecule has 0 unspecified atom stereocenters. The Hall–Kier alpha value is -0.920. The number of carboxylic acids is 1. The minimum atomic E-state index is -2.90. The highest BCUT2D eigenvalue weighted by atomic mass is 79.9.